The van der Waals surface area contributed by atoms with Crippen LogP contribution in [0.15, 0.2) is 22.8 Å². The van der Waals surface area contributed by atoms with Crippen LogP contribution in [0, 0.1) is 6.92 Å². The van der Waals surface area contributed by atoms with Crippen LogP contribution in [0.5, 0.6) is 0 Å². The van der Waals surface area contributed by atoms with Crippen molar-refractivity contribution >= 4 is 39.1 Å². The Bertz CT molecular complexity index is 577. The number of hydrogen-bond donors (Lipinski definition) is 0. The van der Waals surface area contributed by atoms with Gasteiger partial charge in [0.15, 0.2) is 5.82 Å². The second kappa shape index (κ2) is 5.55. The van der Waals surface area contributed by atoms with Crippen molar-refractivity contribution in [2.24, 2.45) is 0 Å². The quantitative estimate of drug-likeness (QED) is 0.709. The molecule has 0 spiro atoms. The van der Waals surface area contributed by atoms with Gasteiger partial charge in [-0.25, -0.2) is 9.97 Å². The van der Waals surface area contributed by atoms with Gasteiger partial charge in [0.2, 0.25) is 0 Å². The summed E-state index contributed by atoms with van der Waals surface area (Å²) >= 11 is 15.6. The van der Waals surface area contributed by atoms with Crippen molar-refractivity contribution in [1.29, 1.82) is 0 Å². The molecular weight excluding hydrogens is 335 g/mol. The maximum Gasteiger partial charge on any atom is 0.162 e. The fraction of sp³-hybridized carbons (Fsp3) is 0.231. The van der Waals surface area contributed by atoms with Gasteiger partial charge >= 0.3 is 0 Å². The monoisotopic (exact) mass is 344 g/mol. The highest BCUT2D eigenvalue weighted by Crippen LogP contribution is 2.30. The van der Waals surface area contributed by atoms with Gasteiger partial charge in [-0.1, -0.05) is 30.1 Å². The van der Waals surface area contributed by atoms with Crippen LogP contribution in [0.3, 0.4) is 0 Å². The van der Waals surface area contributed by atoms with E-state index >= 15 is 0 Å². The van der Waals surface area contributed by atoms with Crippen molar-refractivity contribution in [2.75, 3.05) is 0 Å². The molecule has 2 nitrogen and oxygen atoms in total. The standard InChI is InChI=1S/C13H11BrCl2N2/c1-3-9-7(2)17-13(18-12(9)14)10-6-8(15)4-5-11(10)16/h4-6H,3H2,1-2H3. The second-order valence-electron chi connectivity index (χ2n) is 3.88. The van der Waals surface area contributed by atoms with Gasteiger partial charge in [-0.05, 0) is 47.5 Å². The molecule has 0 N–H and O–H groups in total. The molecule has 2 rings (SSSR count). The molecule has 1 aromatic carbocycles. The van der Waals surface area contributed by atoms with Gasteiger partial charge in [0.1, 0.15) is 4.60 Å². The molecule has 0 saturated heterocycles. The molecule has 2 aromatic rings. The summed E-state index contributed by atoms with van der Waals surface area (Å²) in [7, 11) is 0. The zero-order valence-electron chi connectivity index (χ0n) is 9.97. The first-order chi connectivity index (χ1) is 8.52. The molecule has 1 heterocycles. The summed E-state index contributed by atoms with van der Waals surface area (Å²) in [4.78, 5) is 8.93. The summed E-state index contributed by atoms with van der Waals surface area (Å²) in [5, 5.41) is 1.21. The number of nitrogens with zero attached hydrogens (tertiary/aromatic N) is 2. The number of halogens is 3. The molecule has 0 unspecified atom stereocenters. The van der Waals surface area contributed by atoms with Crippen molar-refractivity contribution in [2.45, 2.75) is 20.3 Å². The van der Waals surface area contributed by atoms with E-state index in [1.165, 1.54) is 0 Å². The number of benzene rings is 1. The maximum absolute atomic E-state index is 6.16. The fourth-order valence-electron chi connectivity index (χ4n) is 1.75. The predicted octanol–water partition coefficient (Wildman–Crippen LogP) is 5.08. The molecular formula is C13H11BrCl2N2. The number of hydrogen-bond acceptors (Lipinski definition) is 2. The molecule has 0 radical (unpaired) electrons. The minimum absolute atomic E-state index is 0.587. The summed E-state index contributed by atoms with van der Waals surface area (Å²) < 4.78 is 0.809. The van der Waals surface area contributed by atoms with E-state index in [-0.39, 0.29) is 0 Å². The van der Waals surface area contributed by atoms with E-state index in [2.05, 4.69) is 32.8 Å². The molecule has 0 atom stereocenters. The Kier molecular flexibility index (Phi) is 4.25. The molecule has 18 heavy (non-hydrogen) atoms. The van der Waals surface area contributed by atoms with Gasteiger partial charge in [-0.2, -0.15) is 0 Å². The zero-order valence-corrected chi connectivity index (χ0v) is 13.1. The van der Waals surface area contributed by atoms with E-state index in [9.17, 15) is 0 Å². The Morgan fingerprint density at radius 2 is 1.94 bits per heavy atom. The fourth-order valence-corrected chi connectivity index (χ4v) is 2.86. The van der Waals surface area contributed by atoms with Crippen LogP contribution >= 0.6 is 39.1 Å². The highest BCUT2D eigenvalue weighted by Gasteiger charge is 2.12. The molecule has 1 aromatic heterocycles. The van der Waals surface area contributed by atoms with Crippen LogP contribution in [0.1, 0.15) is 18.2 Å². The molecule has 0 bridgehead atoms. The van der Waals surface area contributed by atoms with Gasteiger partial charge in [0.05, 0.1) is 5.02 Å². The summed E-state index contributed by atoms with van der Waals surface area (Å²) in [5.41, 5.74) is 2.80. The first kappa shape index (κ1) is 13.8. The van der Waals surface area contributed by atoms with E-state index < -0.39 is 0 Å². The van der Waals surface area contributed by atoms with E-state index in [0.29, 0.717) is 15.9 Å². The van der Waals surface area contributed by atoms with Crippen LogP contribution in [-0.4, -0.2) is 9.97 Å². The lowest BCUT2D eigenvalue weighted by Crippen LogP contribution is -1.99. The van der Waals surface area contributed by atoms with Crippen LogP contribution in [0.25, 0.3) is 11.4 Å². The Labute approximate surface area is 124 Å². The predicted molar refractivity (Wildman–Crippen MR) is 79.3 cm³/mol. The molecule has 0 aliphatic rings. The average molecular weight is 346 g/mol. The second-order valence-corrected chi connectivity index (χ2v) is 5.47. The molecule has 0 aliphatic carbocycles. The first-order valence-electron chi connectivity index (χ1n) is 5.51. The third-order valence-corrected chi connectivity index (χ3v) is 3.91. The van der Waals surface area contributed by atoms with Crippen molar-refractivity contribution < 1.29 is 0 Å². The van der Waals surface area contributed by atoms with Crippen molar-refractivity contribution in [3.05, 3.63) is 44.1 Å². The maximum atomic E-state index is 6.16. The van der Waals surface area contributed by atoms with Gasteiger partial charge in [-0.15, -0.1) is 0 Å². The van der Waals surface area contributed by atoms with Gasteiger partial charge in [0, 0.05) is 21.8 Å². The number of aromatic nitrogens is 2. The molecule has 0 saturated carbocycles. The van der Waals surface area contributed by atoms with Crippen molar-refractivity contribution in [3.8, 4) is 11.4 Å². The summed E-state index contributed by atoms with van der Waals surface area (Å²) in [6.07, 6.45) is 0.885. The molecule has 0 aliphatic heterocycles. The van der Waals surface area contributed by atoms with Crippen molar-refractivity contribution in [1.82, 2.24) is 9.97 Å². The lowest BCUT2D eigenvalue weighted by Gasteiger charge is -2.09. The number of aryl methyl sites for hydroxylation is 1. The Balaban J connectivity index is 2.61. The van der Waals surface area contributed by atoms with Crippen LogP contribution in [0.2, 0.25) is 10.0 Å². The Morgan fingerprint density at radius 3 is 2.56 bits per heavy atom. The van der Waals surface area contributed by atoms with Crippen LogP contribution in [-0.2, 0) is 6.42 Å². The molecule has 5 heteroatoms. The van der Waals surface area contributed by atoms with Crippen LogP contribution in [0.4, 0.5) is 0 Å². The smallest absolute Gasteiger partial charge is 0.162 e. The van der Waals surface area contributed by atoms with Gasteiger partial charge < -0.3 is 0 Å². The summed E-state index contributed by atoms with van der Waals surface area (Å²) in [6.45, 7) is 4.04. The van der Waals surface area contributed by atoms with Gasteiger partial charge in [-0.3, -0.25) is 0 Å². The highest BCUT2D eigenvalue weighted by atomic mass is 79.9. The minimum atomic E-state index is 0.587. The third-order valence-electron chi connectivity index (χ3n) is 2.69. The first-order valence-corrected chi connectivity index (χ1v) is 7.06. The molecule has 0 amide bonds. The van der Waals surface area contributed by atoms with Crippen LogP contribution < -0.4 is 0 Å². The Hall–Kier alpha value is -0.640. The van der Waals surface area contributed by atoms with Gasteiger partial charge in [0.25, 0.3) is 0 Å². The Morgan fingerprint density at radius 1 is 1.22 bits per heavy atom. The van der Waals surface area contributed by atoms with E-state index in [1.54, 1.807) is 18.2 Å². The summed E-state index contributed by atoms with van der Waals surface area (Å²) in [5.74, 6) is 0.587. The normalized spacial score (nSPS) is 10.7. The highest BCUT2D eigenvalue weighted by molar-refractivity contribution is 9.10. The molecule has 94 valence electrons. The average Bonchev–Trinajstić information content (AvgIpc) is 2.32. The van der Waals surface area contributed by atoms with Crippen molar-refractivity contribution in [3.63, 3.8) is 0 Å². The summed E-state index contributed by atoms with van der Waals surface area (Å²) in [6, 6.07) is 5.27. The van der Waals surface area contributed by atoms with E-state index in [1.807, 2.05) is 6.92 Å². The third kappa shape index (κ3) is 2.68. The number of rotatable bonds is 2. The largest absolute Gasteiger partial charge is 0.233 e. The molecule has 0 fully saturated rings. The van der Waals surface area contributed by atoms with E-state index in [4.69, 9.17) is 23.2 Å². The SMILES string of the molecule is CCc1c(C)nc(-c2cc(Cl)ccc2Cl)nc1Br. The minimum Gasteiger partial charge on any atom is -0.233 e. The topological polar surface area (TPSA) is 25.8 Å². The zero-order chi connectivity index (χ0) is 13.3. The lowest BCUT2D eigenvalue weighted by atomic mass is 10.1. The lowest BCUT2D eigenvalue weighted by molar-refractivity contribution is 0.981. The van der Waals surface area contributed by atoms with E-state index in [0.717, 1.165) is 27.8 Å².